The van der Waals surface area contributed by atoms with Crippen LogP contribution in [-0.4, -0.2) is 30.6 Å². The zero-order valence-electron chi connectivity index (χ0n) is 10.5. The van der Waals surface area contributed by atoms with Crippen LogP contribution in [0.15, 0.2) is 29.7 Å². The van der Waals surface area contributed by atoms with Crippen molar-refractivity contribution in [3.8, 4) is 0 Å². The first-order valence-electron chi connectivity index (χ1n) is 5.81. The Morgan fingerprint density at radius 2 is 2.33 bits per heavy atom. The molecule has 0 aliphatic rings. The van der Waals surface area contributed by atoms with Crippen LogP contribution >= 0.6 is 0 Å². The Morgan fingerprint density at radius 1 is 1.56 bits per heavy atom. The lowest BCUT2D eigenvalue weighted by Gasteiger charge is -2.05. The van der Waals surface area contributed by atoms with Crippen molar-refractivity contribution in [2.75, 3.05) is 19.8 Å². The molecule has 0 bridgehead atoms. The van der Waals surface area contributed by atoms with Crippen molar-refractivity contribution in [2.45, 2.75) is 13.3 Å². The van der Waals surface area contributed by atoms with Gasteiger partial charge in [0.15, 0.2) is 5.43 Å². The van der Waals surface area contributed by atoms with Crippen LogP contribution in [0.2, 0.25) is 0 Å². The molecule has 2 N–H and O–H groups in total. The molecule has 0 unspecified atom stereocenters. The predicted molar refractivity (Wildman–Crippen MR) is 69.8 cm³/mol. The summed E-state index contributed by atoms with van der Waals surface area (Å²) in [5.41, 5.74) is 0.562. The first-order valence-corrected chi connectivity index (χ1v) is 5.81. The number of H-pyrrole nitrogens is 1. The molecule has 1 amide bonds. The van der Waals surface area contributed by atoms with Crippen LogP contribution in [-0.2, 0) is 4.74 Å². The number of hydrogen-bond acceptors (Lipinski definition) is 3. The van der Waals surface area contributed by atoms with Crippen LogP contribution in [0.1, 0.15) is 22.5 Å². The van der Waals surface area contributed by atoms with Crippen LogP contribution in [0.25, 0.3) is 0 Å². The van der Waals surface area contributed by atoms with E-state index in [4.69, 9.17) is 4.74 Å². The molecule has 1 aromatic rings. The number of aromatic amines is 1. The number of amides is 1. The van der Waals surface area contributed by atoms with Gasteiger partial charge in [-0.3, -0.25) is 9.59 Å². The van der Waals surface area contributed by atoms with Gasteiger partial charge in [-0.05, 0) is 13.3 Å². The molecule has 0 radical (unpaired) electrons. The van der Waals surface area contributed by atoms with Gasteiger partial charge in [0.05, 0.1) is 13.2 Å². The summed E-state index contributed by atoms with van der Waals surface area (Å²) in [4.78, 5) is 26.0. The van der Waals surface area contributed by atoms with Crippen molar-refractivity contribution in [3.05, 3.63) is 46.4 Å². The highest BCUT2D eigenvalue weighted by molar-refractivity contribution is 5.93. The lowest BCUT2D eigenvalue weighted by atomic mass is 10.2. The molecule has 0 saturated heterocycles. The first kappa shape index (κ1) is 14.2. The number of nitrogens with one attached hydrogen (secondary N) is 2. The molecular weight excluding hydrogens is 232 g/mol. The maximum Gasteiger partial charge on any atom is 0.256 e. The van der Waals surface area contributed by atoms with E-state index in [2.05, 4.69) is 16.9 Å². The minimum atomic E-state index is -0.386. The minimum Gasteiger partial charge on any atom is -0.379 e. The maximum atomic E-state index is 11.7. The van der Waals surface area contributed by atoms with Crippen molar-refractivity contribution >= 4 is 5.91 Å². The van der Waals surface area contributed by atoms with Crippen molar-refractivity contribution < 1.29 is 9.53 Å². The van der Waals surface area contributed by atoms with E-state index in [0.29, 0.717) is 19.8 Å². The van der Waals surface area contributed by atoms with Gasteiger partial charge in [-0.15, -0.1) is 6.58 Å². The Morgan fingerprint density at radius 3 is 3.00 bits per heavy atom. The second-order valence-electron chi connectivity index (χ2n) is 3.84. The number of rotatable bonds is 7. The Kier molecular flexibility index (Phi) is 5.87. The molecule has 98 valence electrons. The third kappa shape index (κ3) is 4.55. The van der Waals surface area contributed by atoms with Gasteiger partial charge < -0.3 is 15.0 Å². The van der Waals surface area contributed by atoms with Crippen LogP contribution in [0.3, 0.4) is 0 Å². The summed E-state index contributed by atoms with van der Waals surface area (Å²) in [6, 6.07) is 1.40. The monoisotopic (exact) mass is 250 g/mol. The number of carbonyl (C=O) groups is 1. The fourth-order valence-corrected chi connectivity index (χ4v) is 1.35. The second kappa shape index (κ2) is 7.45. The van der Waals surface area contributed by atoms with Crippen LogP contribution in [0.4, 0.5) is 0 Å². The topological polar surface area (TPSA) is 71.2 Å². The lowest BCUT2D eigenvalue weighted by Crippen LogP contribution is -2.31. The van der Waals surface area contributed by atoms with Crippen LogP contribution in [0.5, 0.6) is 0 Å². The van der Waals surface area contributed by atoms with E-state index >= 15 is 0 Å². The number of pyridine rings is 1. The van der Waals surface area contributed by atoms with Crippen molar-refractivity contribution in [2.24, 2.45) is 0 Å². The number of ether oxygens (including phenoxy) is 1. The molecular formula is C13H18N2O3. The fourth-order valence-electron chi connectivity index (χ4n) is 1.35. The number of carbonyl (C=O) groups excluding carboxylic acids is 1. The molecule has 1 rings (SSSR count). The van der Waals surface area contributed by atoms with Gasteiger partial charge in [-0.1, -0.05) is 6.08 Å². The Balaban J connectivity index is 2.37. The largest absolute Gasteiger partial charge is 0.379 e. The fraction of sp³-hybridized carbons (Fsp3) is 0.385. The van der Waals surface area contributed by atoms with Crippen molar-refractivity contribution in [1.82, 2.24) is 10.3 Å². The van der Waals surface area contributed by atoms with Gasteiger partial charge in [-0.25, -0.2) is 0 Å². The molecule has 0 aliphatic heterocycles. The van der Waals surface area contributed by atoms with Gasteiger partial charge in [0.25, 0.3) is 5.91 Å². The lowest BCUT2D eigenvalue weighted by molar-refractivity contribution is 0.0916. The molecule has 0 aromatic carbocycles. The minimum absolute atomic E-state index is 0.117. The van der Waals surface area contributed by atoms with Gasteiger partial charge in [-0.2, -0.15) is 0 Å². The molecule has 0 fully saturated rings. The van der Waals surface area contributed by atoms with Gasteiger partial charge in [0, 0.05) is 24.5 Å². The van der Waals surface area contributed by atoms with E-state index in [1.165, 1.54) is 12.3 Å². The highest BCUT2D eigenvalue weighted by Crippen LogP contribution is 1.92. The summed E-state index contributed by atoms with van der Waals surface area (Å²) in [7, 11) is 0. The average Bonchev–Trinajstić information content (AvgIpc) is 2.33. The quantitative estimate of drug-likeness (QED) is 0.560. The summed E-state index contributed by atoms with van der Waals surface area (Å²) < 4.78 is 5.24. The third-order valence-corrected chi connectivity index (χ3v) is 2.30. The zero-order chi connectivity index (χ0) is 13.4. The summed E-state index contributed by atoms with van der Waals surface area (Å²) in [5, 5.41) is 2.63. The average molecular weight is 250 g/mol. The highest BCUT2D eigenvalue weighted by Gasteiger charge is 2.08. The third-order valence-electron chi connectivity index (χ3n) is 2.30. The van der Waals surface area contributed by atoms with Gasteiger partial charge in [0.1, 0.15) is 5.56 Å². The smallest absolute Gasteiger partial charge is 0.256 e. The van der Waals surface area contributed by atoms with E-state index in [1.54, 1.807) is 13.0 Å². The molecule has 5 nitrogen and oxygen atoms in total. The number of aryl methyl sites for hydroxylation is 1. The molecule has 0 aliphatic carbocycles. The van der Waals surface area contributed by atoms with E-state index in [0.717, 1.165) is 12.1 Å². The maximum absolute atomic E-state index is 11.7. The summed E-state index contributed by atoms with van der Waals surface area (Å²) >= 11 is 0. The Hall–Kier alpha value is -1.88. The van der Waals surface area contributed by atoms with Gasteiger partial charge >= 0.3 is 0 Å². The molecule has 5 heteroatoms. The van der Waals surface area contributed by atoms with E-state index in [1.807, 2.05) is 0 Å². The first-order chi connectivity index (χ1) is 8.65. The standard InChI is InChI=1S/C13H18N2O3/c1-3-4-6-18-7-5-14-13(17)11-9-15-10(2)8-12(11)16/h3,8-9H,1,4-7H2,2H3,(H,14,17)(H,15,16). The zero-order valence-corrected chi connectivity index (χ0v) is 10.5. The molecule has 0 spiro atoms. The van der Waals surface area contributed by atoms with Gasteiger partial charge in [0.2, 0.25) is 0 Å². The summed E-state index contributed by atoms with van der Waals surface area (Å²) in [5.74, 6) is -0.386. The van der Waals surface area contributed by atoms with E-state index < -0.39 is 0 Å². The summed E-state index contributed by atoms with van der Waals surface area (Å²) in [6.07, 6.45) is 3.97. The van der Waals surface area contributed by atoms with Crippen LogP contribution < -0.4 is 10.7 Å². The Labute approximate surface area is 106 Å². The molecule has 1 aromatic heterocycles. The van der Waals surface area contributed by atoms with E-state index in [9.17, 15) is 9.59 Å². The molecule has 18 heavy (non-hydrogen) atoms. The second-order valence-corrected chi connectivity index (χ2v) is 3.84. The normalized spacial score (nSPS) is 10.1. The Bertz CT molecular complexity index is 466. The number of hydrogen-bond donors (Lipinski definition) is 2. The van der Waals surface area contributed by atoms with Crippen molar-refractivity contribution in [3.63, 3.8) is 0 Å². The van der Waals surface area contributed by atoms with E-state index in [-0.39, 0.29) is 16.9 Å². The molecule has 0 saturated carbocycles. The molecule has 1 heterocycles. The van der Waals surface area contributed by atoms with Crippen LogP contribution in [0, 0.1) is 6.92 Å². The number of aromatic nitrogens is 1. The SMILES string of the molecule is C=CCCOCCNC(=O)c1c[nH]c(C)cc1=O. The summed E-state index contributed by atoms with van der Waals surface area (Å²) in [6.45, 7) is 6.72. The molecule has 0 atom stereocenters. The predicted octanol–water partition coefficient (Wildman–Crippen LogP) is 1.01. The highest BCUT2D eigenvalue weighted by atomic mass is 16.5. The van der Waals surface area contributed by atoms with Crippen molar-refractivity contribution in [1.29, 1.82) is 0 Å².